The minimum atomic E-state index is -0.291. The third-order valence-corrected chi connectivity index (χ3v) is 3.19. The highest BCUT2D eigenvalue weighted by Crippen LogP contribution is 2.33. The summed E-state index contributed by atoms with van der Waals surface area (Å²) >= 11 is 0. The molecule has 3 rings (SSSR count). The summed E-state index contributed by atoms with van der Waals surface area (Å²) < 4.78 is 19.2. The quantitative estimate of drug-likeness (QED) is 0.815. The molecule has 1 N–H and O–H groups in total. The molecule has 2 nitrogen and oxygen atoms in total. The van der Waals surface area contributed by atoms with E-state index in [0.29, 0.717) is 5.58 Å². The van der Waals surface area contributed by atoms with Crippen molar-refractivity contribution in [3.8, 4) is 0 Å². The zero-order valence-corrected chi connectivity index (χ0v) is 9.72. The van der Waals surface area contributed by atoms with Crippen molar-refractivity contribution in [2.45, 2.75) is 13.3 Å². The number of hydrogen-bond donors (Lipinski definition) is 1. The van der Waals surface area contributed by atoms with Gasteiger partial charge in [-0.1, -0.05) is 18.2 Å². The van der Waals surface area contributed by atoms with E-state index in [9.17, 15) is 4.39 Å². The summed E-state index contributed by atoms with van der Waals surface area (Å²) in [6.45, 7) is 3.73. The van der Waals surface area contributed by atoms with Crippen LogP contribution in [0.4, 0.5) is 4.39 Å². The molecule has 0 unspecified atom stereocenters. The normalized spacial score (nSPS) is 16.2. The van der Waals surface area contributed by atoms with Crippen LogP contribution in [0.5, 0.6) is 0 Å². The van der Waals surface area contributed by atoms with Crippen LogP contribution in [0.1, 0.15) is 17.7 Å². The Hall–Kier alpha value is -1.61. The largest absolute Gasteiger partial charge is 0.458 e. The Balaban J connectivity index is 2.25. The van der Waals surface area contributed by atoms with Gasteiger partial charge in [0.25, 0.3) is 0 Å². The van der Waals surface area contributed by atoms with Crippen LogP contribution in [0.2, 0.25) is 0 Å². The van der Waals surface area contributed by atoms with Gasteiger partial charge in [0.2, 0.25) is 0 Å². The molecule has 0 radical (unpaired) electrons. The molecule has 0 saturated carbocycles. The molecule has 2 aromatic rings. The van der Waals surface area contributed by atoms with E-state index in [2.05, 4.69) is 11.4 Å². The molecular weight excluding hydrogens is 217 g/mol. The van der Waals surface area contributed by atoms with Crippen LogP contribution < -0.4 is 5.32 Å². The fourth-order valence-corrected chi connectivity index (χ4v) is 2.44. The number of fused-ring (bicyclic) bond motifs is 1. The van der Waals surface area contributed by atoms with Crippen molar-refractivity contribution in [3.05, 3.63) is 41.4 Å². The van der Waals surface area contributed by atoms with Gasteiger partial charge in [0.15, 0.2) is 11.4 Å². The Bertz CT molecular complexity index is 598. The van der Waals surface area contributed by atoms with Gasteiger partial charge >= 0.3 is 0 Å². The van der Waals surface area contributed by atoms with Crippen LogP contribution in [0.15, 0.2) is 28.7 Å². The van der Waals surface area contributed by atoms with Crippen LogP contribution in [-0.2, 0) is 0 Å². The van der Waals surface area contributed by atoms with Gasteiger partial charge in [-0.05, 0) is 31.5 Å². The minimum Gasteiger partial charge on any atom is -0.458 e. The smallest absolute Gasteiger partial charge is 0.170 e. The maximum atomic E-state index is 13.6. The van der Waals surface area contributed by atoms with E-state index in [1.807, 2.05) is 13.0 Å². The second kappa shape index (κ2) is 4.00. The van der Waals surface area contributed by atoms with E-state index in [1.165, 1.54) is 11.6 Å². The van der Waals surface area contributed by atoms with Crippen molar-refractivity contribution in [2.24, 2.45) is 0 Å². The standard InChI is InChI=1S/C14H14FNO/c1-9-13(10-4-3-7-16-8-10)11-5-2-6-12(15)14(11)17-9/h2,4-6,16H,3,7-8H2,1H3. The zero-order chi connectivity index (χ0) is 11.8. The van der Waals surface area contributed by atoms with Gasteiger partial charge in [-0.3, -0.25) is 0 Å². The highest BCUT2D eigenvalue weighted by molar-refractivity contribution is 5.93. The fraction of sp³-hybridized carbons (Fsp3) is 0.286. The zero-order valence-electron chi connectivity index (χ0n) is 9.72. The topological polar surface area (TPSA) is 25.2 Å². The Morgan fingerprint density at radius 2 is 2.24 bits per heavy atom. The molecule has 0 spiro atoms. The van der Waals surface area contributed by atoms with Crippen molar-refractivity contribution in [1.29, 1.82) is 0 Å². The molecular formula is C14H14FNO. The Kier molecular flexibility index (Phi) is 2.48. The molecule has 0 amide bonds. The monoisotopic (exact) mass is 231 g/mol. The summed E-state index contributed by atoms with van der Waals surface area (Å²) in [6.07, 6.45) is 3.22. The van der Waals surface area contributed by atoms with Gasteiger partial charge in [-0.2, -0.15) is 0 Å². The van der Waals surface area contributed by atoms with Crippen LogP contribution in [0, 0.1) is 12.7 Å². The van der Waals surface area contributed by atoms with E-state index in [-0.39, 0.29) is 5.82 Å². The summed E-state index contributed by atoms with van der Waals surface area (Å²) in [5, 5.41) is 4.20. The summed E-state index contributed by atoms with van der Waals surface area (Å²) in [5.74, 6) is 0.501. The number of para-hydroxylation sites is 1. The fourth-order valence-electron chi connectivity index (χ4n) is 2.44. The van der Waals surface area contributed by atoms with Crippen LogP contribution >= 0.6 is 0 Å². The van der Waals surface area contributed by atoms with E-state index < -0.39 is 0 Å². The molecule has 1 aliphatic rings. The summed E-state index contributed by atoms with van der Waals surface area (Å²) in [7, 11) is 0. The first-order chi connectivity index (χ1) is 8.27. The molecule has 1 aromatic carbocycles. The lowest BCUT2D eigenvalue weighted by Gasteiger charge is -2.13. The SMILES string of the molecule is Cc1oc2c(F)cccc2c1C1=CCCNC1. The summed E-state index contributed by atoms with van der Waals surface area (Å²) in [6, 6.07) is 5.08. The molecule has 0 aliphatic carbocycles. The highest BCUT2D eigenvalue weighted by atomic mass is 19.1. The van der Waals surface area contributed by atoms with Crippen molar-refractivity contribution in [1.82, 2.24) is 5.32 Å². The van der Waals surface area contributed by atoms with Crippen LogP contribution in [0.25, 0.3) is 16.5 Å². The van der Waals surface area contributed by atoms with Gasteiger partial charge in [0, 0.05) is 17.5 Å². The second-order valence-electron chi connectivity index (χ2n) is 4.34. The predicted molar refractivity (Wildman–Crippen MR) is 66.4 cm³/mol. The molecule has 0 fully saturated rings. The summed E-state index contributed by atoms with van der Waals surface area (Å²) in [5.41, 5.74) is 2.62. The molecule has 0 atom stereocenters. The molecule has 1 aromatic heterocycles. The molecule has 88 valence electrons. The number of nitrogens with one attached hydrogen (secondary N) is 1. The molecule has 0 saturated heterocycles. The maximum absolute atomic E-state index is 13.6. The average Bonchev–Trinajstić information content (AvgIpc) is 2.68. The lowest BCUT2D eigenvalue weighted by Crippen LogP contribution is -2.21. The number of hydrogen-bond acceptors (Lipinski definition) is 2. The predicted octanol–water partition coefficient (Wildman–Crippen LogP) is 3.26. The maximum Gasteiger partial charge on any atom is 0.170 e. The van der Waals surface area contributed by atoms with Gasteiger partial charge in [0.05, 0.1) is 0 Å². The Morgan fingerprint density at radius 3 is 3.00 bits per heavy atom. The number of halogens is 1. The second-order valence-corrected chi connectivity index (χ2v) is 4.34. The number of furan rings is 1. The molecule has 17 heavy (non-hydrogen) atoms. The van der Waals surface area contributed by atoms with Gasteiger partial charge in [-0.15, -0.1) is 0 Å². The first-order valence-corrected chi connectivity index (χ1v) is 5.85. The molecule has 1 aliphatic heterocycles. The average molecular weight is 231 g/mol. The first-order valence-electron chi connectivity index (χ1n) is 5.85. The summed E-state index contributed by atoms with van der Waals surface area (Å²) in [4.78, 5) is 0. The molecule has 3 heteroatoms. The highest BCUT2D eigenvalue weighted by Gasteiger charge is 2.17. The lowest BCUT2D eigenvalue weighted by molar-refractivity contribution is 0.537. The van der Waals surface area contributed by atoms with E-state index in [0.717, 1.165) is 36.2 Å². The third-order valence-electron chi connectivity index (χ3n) is 3.19. The number of rotatable bonds is 1. The van der Waals surface area contributed by atoms with Gasteiger partial charge in [-0.25, -0.2) is 4.39 Å². The lowest BCUT2D eigenvalue weighted by atomic mass is 9.99. The van der Waals surface area contributed by atoms with Gasteiger partial charge < -0.3 is 9.73 Å². The van der Waals surface area contributed by atoms with Gasteiger partial charge in [0.1, 0.15) is 5.76 Å². The van der Waals surface area contributed by atoms with E-state index in [4.69, 9.17) is 4.42 Å². The van der Waals surface area contributed by atoms with E-state index >= 15 is 0 Å². The van der Waals surface area contributed by atoms with Crippen molar-refractivity contribution < 1.29 is 8.81 Å². The number of benzene rings is 1. The first kappa shape index (κ1) is 10.5. The Labute approximate surface area is 99.1 Å². The van der Waals surface area contributed by atoms with Crippen LogP contribution in [0.3, 0.4) is 0 Å². The van der Waals surface area contributed by atoms with Crippen molar-refractivity contribution in [3.63, 3.8) is 0 Å². The van der Waals surface area contributed by atoms with Crippen molar-refractivity contribution >= 4 is 16.5 Å². The van der Waals surface area contributed by atoms with Crippen molar-refractivity contribution in [2.75, 3.05) is 13.1 Å². The van der Waals surface area contributed by atoms with Crippen LogP contribution in [-0.4, -0.2) is 13.1 Å². The van der Waals surface area contributed by atoms with E-state index in [1.54, 1.807) is 6.07 Å². The minimum absolute atomic E-state index is 0.291. The molecule has 0 bridgehead atoms. The number of aryl methyl sites for hydroxylation is 1. The molecule has 2 heterocycles. The Morgan fingerprint density at radius 1 is 1.35 bits per heavy atom. The third kappa shape index (κ3) is 1.67.